The van der Waals surface area contributed by atoms with E-state index in [0.29, 0.717) is 5.89 Å². The fourth-order valence-corrected chi connectivity index (χ4v) is 1.39. The summed E-state index contributed by atoms with van der Waals surface area (Å²) in [7, 11) is 1.64. The number of nitrogens with zero attached hydrogens (tertiary/aromatic N) is 2. The zero-order valence-electron chi connectivity index (χ0n) is 11.0. The van der Waals surface area contributed by atoms with Crippen LogP contribution in [0.15, 0.2) is 10.6 Å². The van der Waals surface area contributed by atoms with Crippen LogP contribution in [0.5, 0.6) is 0 Å². The fourth-order valence-electron chi connectivity index (χ4n) is 1.39. The fraction of sp³-hybridized carbons (Fsp3) is 0.750. The van der Waals surface area contributed by atoms with E-state index in [9.17, 15) is 8.78 Å². The van der Waals surface area contributed by atoms with Gasteiger partial charge in [-0.25, -0.2) is 13.8 Å². The van der Waals surface area contributed by atoms with Crippen LogP contribution in [0.25, 0.3) is 0 Å². The maximum absolute atomic E-state index is 12.3. The smallest absolute Gasteiger partial charge is 0.251 e. The minimum atomic E-state index is -2.35. The molecular weight excluding hydrogens is 226 g/mol. The minimum Gasteiger partial charge on any atom is -0.443 e. The van der Waals surface area contributed by atoms with E-state index in [1.807, 2.05) is 20.8 Å². The van der Waals surface area contributed by atoms with E-state index in [1.165, 1.54) is 4.90 Å². The Labute approximate surface area is 101 Å². The molecule has 0 fully saturated rings. The van der Waals surface area contributed by atoms with Crippen molar-refractivity contribution >= 4 is 0 Å². The van der Waals surface area contributed by atoms with Crippen LogP contribution in [0.3, 0.4) is 0 Å². The van der Waals surface area contributed by atoms with E-state index in [4.69, 9.17) is 4.42 Å². The Morgan fingerprint density at radius 1 is 1.41 bits per heavy atom. The van der Waals surface area contributed by atoms with Crippen LogP contribution in [0.4, 0.5) is 8.78 Å². The highest BCUT2D eigenvalue weighted by molar-refractivity contribution is 5.07. The van der Waals surface area contributed by atoms with Gasteiger partial charge in [-0.15, -0.1) is 0 Å². The molecule has 0 aliphatic carbocycles. The third-order valence-electron chi connectivity index (χ3n) is 2.71. The number of aromatic nitrogens is 1. The summed E-state index contributed by atoms with van der Waals surface area (Å²) in [5, 5.41) is 0. The van der Waals surface area contributed by atoms with Crippen molar-refractivity contribution < 1.29 is 13.2 Å². The molecule has 1 aromatic heterocycles. The summed E-state index contributed by atoms with van der Waals surface area (Å²) >= 11 is 0. The average Bonchev–Trinajstić information content (AvgIpc) is 2.63. The van der Waals surface area contributed by atoms with Crippen LogP contribution >= 0.6 is 0 Å². The number of hydrogen-bond acceptors (Lipinski definition) is 3. The number of hydrogen-bond donors (Lipinski definition) is 0. The van der Waals surface area contributed by atoms with Gasteiger partial charge < -0.3 is 4.42 Å². The maximum atomic E-state index is 12.3. The first-order valence-corrected chi connectivity index (χ1v) is 5.66. The molecule has 0 N–H and O–H groups in total. The molecular formula is C12H20F2N2O. The highest BCUT2D eigenvalue weighted by Gasteiger charge is 2.24. The molecule has 0 bridgehead atoms. The Balaban J connectivity index is 2.76. The standard InChI is InChI=1S/C12H20F2N2O/c1-8(16(5)7-10(13)14)11-15-6-9(17-11)12(2,3)4/h6,8,10H,7H2,1-5H3. The van der Waals surface area contributed by atoms with E-state index in [0.717, 1.165) is 5.76 Å². The quantitative estimate of drug-likeness (QED) is 0.816. The van der Waals surface area contributed by atoms with Gasteiger partial charge in [0.15, 0.2) is 0 Å². The zero-order valence-corrected chi connectivity index (χ0v) is 11.0. The van der Waals surface area contributed by atoms with Crippen molar-refractivity contribution in [2.75, 3.05) is 13.6 Å². The van der Waals surface area contributed by atoms with Gasteiger partial charge in [-0.05, 0) is 14.0 Å². The molecule has 1 heterocycles. The summed E-state index contributed by atoms with van der Waals surface area (Å²) in [5.74, 6) is 1.25. The molecule has 1 rings (SSSR count). The summed E-state index contributed by atoms with van der Waals surface area (Å²) in [4.78, 5) is 5.69. The molecule has 3 nitrogen and oxygen atoms in total. The van der Waals surface area contributed by atoms with E-state index >= 15 is 0 Å². The molecule has 0 radical (unpaired) electrons. The molecule has 0 spiro atoms. The molecule has 17 heavy (non-hydrogen) atoms. The first kappa shape index (κ1) is 14.1. The van der Waals surface area contributed by atoms with Crippen LogP contribution in [-0.4, -0.2) is 29.9 Å². The molecule has 1 atom stereocenters. The minimum absolute atomic E-state index is 0.119. The Kier molecular flexibility index (Phi) is 4.25. The van der Waals surface area contributed by atoms with E-state index < -0.39 is 6.43 Å². The zero-order chi connectivity index (χ0) is 13.2. The van der Waals surface area contributed by atoms with Gasteiger partial charge in [-0.2, -0.15) is 0 Å². The highest BCUT2D eigenvalue weighted by atomic mass is 19.3. The molecule has 5 heteroatoms. The second-order valence-electron chi connectivity index (χ2n) is 5.32. The topological polar surface area (TPSA) is 29.3 Å². The van der Waals surface area contributed by atoms with Crippen molar-refractivity contribution in [3.05, 3.63) is 17.8 Å². The number of alkyl halides is 2. The lowest BCUT2D eigenvalue weighted by molar-refractivity contribution is 0.0776. The van der Waals surface area contributed by atoms with Gasteiger partial charge in [0.2, 0.25) is 5.89 Å². The van der Waals surface area contributed by atoms with Gasteiger partial charge in [0, 0.05) is 5.41 Å². The molecule has 0 aliphatic rings. The largest absolute Gasteiger partial charge is 0.443 e. The summed E-state index contributed by atoms with van der Waals surface area (Å²) in [6.45, 7) is 7.58. The predicted octanol–water partition coefficient (Wildman–Crippen LogP) is 3.23. The van der Waals surface area contributed by atoms with Crippen LogP contribution in [0, 0.1) is 0 Å². The second kappa shape index (κ2) is 5.12. The molecule has 0 saturated carbocycles. The van der Waals surface area contributed by atoms with Crippen molar-refractivity contribution in [3.8, 4) is 0 Å². The summed E-state index contributed by atoms with van der Waals surface area (Å²) in [6, 6.07) is -0.250. The third kappa shape index (κ3) is 3.77. The lowest BCUT2D eigenvalue weighted by Crippen LogP contribution is -2.27. The normalized spacial score (nSPS) is 14.6. The Morgan fingerprint density at radius 2 is 2.00 bits per heavy atom. The van der Waals surface area contributed by atoms with E-state index in [1.54, 1.807) is 20.2 Å². The van der Waals surface area contributed by atoms with Crippen molar-refractivity contribution in [1.29, 1.82) is 0 Å². The van der Waals surface area contributed by atoms with E-state index in [2.05, 4.69) is 4.98 Å². The van der Waals surface area contributed by atoms with Gasteiger partial charge in [-0.1, -0.05) is 20.8 Å². The number of halogens is 2. The molecule has 1 aromatic rings. The summed E-state index contributed by atoms with van der Waals surface area (Å²) in [6.07, 6.45) is -0.679. The van der Waals surface area contributed by atoms with Crippen LogP contribution < -0.4 is 0 Å². The average molecular weight is 246 g/mol. The first-order valence-electron chi connectivity index (χ1n) is 5.66. The molecule has 0 aliphatic heterocycles. The Hall–Kier alpha value is -0.970. The van der Waals surface area contributed by atoms with Crippen LogP contribution in [0.2, 0.25) is 0 Å². The second-order valence-corrected chi connectivity index (χ2v) is 5.32. The monoisotopic (exact) mass is 246 g/mol. The van der Waals surface area contributed by atoms with Crippen LogP contribution in [0.1, 0.15) is 45.4 Å². The van der Waals surface area contributed by atoms with Crippen molar-refractivity contribution in [1.82, 2.24) is 9.88 Å². The van der Waals surface area contributed by atoms with E-state index in [-0.39, 0.29) is 18.0 Å². The van der Waals surface area contributed by atoms with Crippen molar-refractivity contribution in [2.24, 2.45) is 0 Å². The number of oxazole rings is 1. The molecule has 0 amide bonds. The third-order valence-corrected chi connectivity index (χ3v) is 2.71. The van der Waals surface area contributed by atoms with Gasteiger partial charge in [0.05, 0.1) is 18.8 Å². The lowest BCUT2D eigenvalue weighted by Gasteiger charge is -2.21. The predicted molar refractivity (Wildman–Crippen MR) is 62.3 cm³/mol. The SMILES string of the molecule is CC(c1ncc(C(C)(C)C)o1)N(C)CC(F)F. The first-order chi connectivity index (χ1) is 7.71. The highest BCUT2D eigenvalue weighted by Crippen LogP contribution is 2.26. The van der Waals surface area contributed by atoms with Gasteiger partial charge in [0.25, 0.3) is 6.43 Å². The van der Waals surface area contributed by atoms with Crippen molar-refractivity contribution in [2.45, 2.75) is 45.6 Å². The van der Waals surface area contributed by atoms with Gasteiger partial charge >= 0.3 is 0 Å². The van der Waals surface area contributed by atoms with Crippen LogP contribution in [-0.2, 0) is 5.41 Å². The Morgan fingerprint density at radius 3 is 2.41 bits per heavy atom. The van der Waals surface area contributed by atoms with Gasteiger partial charge in [-0.3, -0.25) is 4.90 Å². The summed E-state index contributed by atoms with van der Waals surface area (Å²) < 4.78 is 30.1. The molecule has 0 aromatic carbocycles. The summed E-state index contributed by atoms with van der Waals surface area (Å²) in [5.41, 5.74) is -0.119. The number of rotatable bonds is 4. The Bertz CT molecular complexity index is 358. The molecule has 0 saturated heterocycles. The maximum Gasteiger partial charge on any atom is 0.251 e. The lowest BCUT2D eigenvalue weighted by atomic mass is 9.94. The molecule has 1 unspecified atom stereocenters. The van der Waals surface area contributed by atoms with Gasteiger partial charge in [0.1, 0.15) is 5.76 Å². The molecule has 98 valence electrons. The van der Waals surface area contributed by atoms with Crippen molar-refractivity contribution in [3.63, 3.8) is 0 Å².